The number of hydrogen-bond acceptors (Lipinski definition) is 4. The molecule has 4 rings (SSSR count). The van der Waals surface area contributed by atoms with Crippen molar-refractivity contribution in [1.82, 2.24) is 5.32 Å². The SMILES string of the molecule is CNCCCC1Oc2cc3ccccc3cc2N(c2ccc(C)cc2)S1(=O)=O. The molecule has 0 amide bonds. The first-order chi connectivity index (χ1) is 13.5. The summed E-state index contributed by atoms with van der Waals surface area (Å²) in [5.74, 6) is 0.601. The lowest BCUT2D eigenvalue weighted by molar-refractivity contribution is 0.255. The number of hydrogen-bond donors (Lipinski definition) is 1. The minimum atomic E-state index is -3.71. The van der Waals surface area contributed by atoms with Crippen molar-refractivity contribution in [3.8, 4) is 5.75 Å². The molecule has 0 aromatic heterocycles. The van der Waals surface area contributed by atoms with Crippen molar-refractivity contribution >= 4 is 32.2 Å². The molecule has 5 nitrogen and oxygen atoms in total. The molecule has 0 fully saturated rings. The lowest BCUT2D eigenvalue weighted by Crippen LogP contribution is -2.43. The predicted octanol–water partition coefficient (Wildman–Crippen LogP) is 4.33. The van der Waals surface area contributed by atoms with Crippen LogP contribution in [0.1, 0.15) is 18.4 Å². The molecule has 28 heavy (non-hydrogen) atoms. The fraction of sp³-hybridized carbons (Fsp3) is 0.273. The minimum absolute atomic E-state index is 0.428. The minimum Gasteiger partial charge on any atom is -0.470 e. The van der Waals surface area contributed by atoms with Gasteiger partial charge in [-0.25, -0.2) is 12.7 Å². The zero-order chi connectivity index (χ0) is 19.7. The van der Waals surface area contributed by atoms with Crippen LogP contribution >= 0.6 is 0 Å². The second kappa shape index (κ2) is 7.45. The lowest BCUT2D eigenvalue weighted by Gasteiger charge is -2.36. The van der Waals surface area contributed by atoms with Gasteiger partial charge in [-0.3, -0.25) is 0 Å². The fourth-order valence-corrected chi connectivity index (χ4v) is 5.29. The molecule has 1 unspecified atom stereocenters. The van der Waals surface area contributed by atoms with Gasteiger partial charge in [0, 0.05) is 6.42 Å². The Balaban J connectivity index is 1.87. The summed E-state index contributed by atoms with van der Waals surface area (Å²) in [5, 5.41) is 5.07. The molecule has 3 aromatic carbocycles. The van der Waals surface area contributed by atoms with Crippen LogP contribution in [0.25, 0.3) is 10.8 Å². The van der Waals surface area contributed by atoms with E-state index in [0.717, 1.165) is 22.9 Å². The van der Waals surface area contributed by atoms with Gasteiger partial charge >= 0.3 is 0 Å². The summed E-state index contributed by atoms with van der Waals surface area (Å²) in [6.45, 7) is 2.73. The highest BCUT2D eigenvalue weighted by molar-refractivity contribution is 7.93. The van der Waals surface area contributed by atoms with Gasteiger partial charge in [0.05, 0.1) is 11.4 Å². The summed E-state index contributed by atoms with van der Waals surface area (Å²) in [6.07, 6.45) is 1.14. The van der Waals surface area contributed by atoms with Gasteiger partial charge in [-0.15, -0.1) is 0 Å². The summed E-state index contributed by atoms with van der Waals surface area (Å²) in [4.78, 5) is 0. The molecule has 1 heterocycles. The van der Waals surface area contributed by atoms with Gasteiger partial charge in [0.1, 0.15) is 5.75 Å². The summed E-state index contributed by atoms with van der Waals surface area (Å²) >= 11 is 0. The Morgan fingerprint density at radius 3 is 2.39 bits per heavy atom. The van der Waals surface area contributed by atoms with E-state index in [2.05, 4.69) is 5.32 Å². The first-order valence-electron chi connectivity index (χ1n) is 9.45. The van der Waals surface area contributed by atoms with Crippen molar-refractivity contribution in [3.63, 3.8) is 0 Å². The van der Waals surface area contributed by atoms with E-state index in [4.69, 9.17) is 4.74 Å². The van der Waals surface area contributed by atoms with Crippen LogP contribution in [0.5, 0.6) is 5.75 Å². The van der Waals surface area contributed by atoms with Crippen LogP contribution in [0, 0.1) is 6.92 Å². The van der Waals surface area contributed by atoms with Crippen LogP contribution in [0.15, 0.2) is 60.7 Å². The number of nitrogens with one attached hydrogen (secondary N) is 1. The van der Waals surface area contributed by atoms with Crippen LogP contribution in [0.2, 0.25) is 0 Å². The van der Waals surface area contributed by atoms with E-state index in [-0.39, 0.29) is 0 Å². The molecule has 1 aliphatic rings. The topological polar surface area (TPSA) is 58.6 Å². The number of rotatable bonds is 5. The Morgan fingerprint density at radius 2 is 1.71 bits per heavy atom. The number of nitrogens with zero attached hydrogens (tertiary/aromatic N) is 1. The van der Waals surface area contributed by atoms with Crippen LogP contribution in [-0.4, -0.2) is 27.4 Å². The van der Waals surface area contributed by atoms with Crippen molar-refractivity contribution in [1.29, 1.82) is 0 Å². The van der Waals surface area contributed by atoms with Crippen molar-refractivity contribution in [2.24, 2.45) is 0 Å². The van der Waals surface area contributed by atoms with Crippen LogP contribution < -0.4 is 14.4 Å². The Morgan fingerprint density at radius 1 is 1.04 bits per heavy atom. The van der Waals surface area contributed by atoms with Crippen molar-refractivity contribution < 1.29 is 13.2 Å². The molecule has 0 saturated heterocycles. The Kier molecular flexibility index (Phi) is 5.00. The number of fused-ring (bicyclic) bond motifs is 2. The summed E-state index contributed by atoms with van der Waals surface area (Å²) in [6, 6.07) is 19.3. The van der Waals surface area contributed by atoms with Crippen molar-refractivity contribution in [2.75, 3.05) is 17.9 Å². The Labute approximate surface area is 166 Å². The van der Waals surface area contributed by atoms with E-state index in [1.165, 1.54) is 4.31 Å². The van der Waals surface area contributed by atoms with E-state index < -0.39 is 15.5 Å². The van der Waals surface area contributed by atoms with Gasteiger partial charge < -0.3 is 10.1 Å². The van der Waals surface area contributed by atoms with Crippen LogP contribution in [0.3, 0.4) is 0 Å². The third kappa shape index (κ3) is 3.34. The average Bonchev–Trinajstić information content (AvgIpc) is 2.68. The van der Waals surface area contributed by atoms with Crippen LogP contribution in [-0.2, 0) is 10.0 Å². The number of anilines is 2. The highest BCUT2D eigenvalue weighted by Crippen LogP contribution is 2.45. The van der Waals surface area contributed by atoms with Gasteiger partial charge in [0.2, 0.25) is 5.44 Å². The normalized spacial score (nSPS) is 17.9. The maximum Gasteiger partial charge on any atom is 0.277 e. The molecular weight excluding hydrogens is 372 g/mol. The smallest absolute Gasteiger partial charge is 0.277 e. The molecule has 0 radical (unpaired) electrons. The Bertz CT molecular complexity index is 1090. The third-order valence-electron chi connectivity index (χ3n) is 5.03. The summed E-state index contributed by atoms with van der Waals surface area (Å²) in [5.41, 5.74) is 1.37. The van der Waals surface area contributed by atoms with Gasteiger partial charge in [0.25, 0.3) is 10.0 Å². The Hall–Kier alpha value is -2.57. The fourth-order valence-electron chi connectivity index (χ4n) is 3.54. The number of ether oxygens (including phenoxy) is 1. The molecular formula is C22H24N2O3S. The molecule has 0 aliphatic carbocycles. The first-order valence-corrected chi connectivity index (χ1v) is 11.0. The van der Waals surface area contributed by atoms with Gasteiger partial charge in [-0.1, -0.05) is 42.0 Å². The average molecular weight is 397 g/mol. The molecule has 1 N–H and O–H groups in total. The number of aryl methyl sites for hydroxylation is 1. The molecule has 1 atom stereocenters. The lowest BCUT2D eigenvalue weighted by atomic mass is 10.1. The standard InChI is InChI=1S/C22H24N2O3S/c1-16-9-11-19(12-10-16)24-20-14-17-6-3-4-7-18(17)15-21(20)27-22(28(24,25)26)8-5-13-23-2/h3-4,6-7,9-12,14-15,22-23H,5,8,13H2,1-2H3. The molecule has 146 valence electrons. The number of sulfonamides is 1. The maximum absolute atomic E-state index is 13.5. The van der Waals surface area contributed by atoms with Crippen molar-refractivity contribution in [3.05, 3.63) is 66.2 Å². The zero-order valence-electron chi connectivity index (χ0n) is 16.1. The molecule has 0 spiro atoms. The highest BCUT2D eigenvalue weighted by Gasteiger charge is 2.41. The highest BCUT2D eigenvalue weighted by atomic mass is 32.2. The summed E-state index contributed by atoms with van der Waals surface area (Å²) in [7, 11) is -1.85. The second-order valence-corrected chi connectivity index (χ2v) is 9.03. The van der Waals surface area contributed by atoms with Crippen molar-refractivity contribution in [2.45, 2.75) is 25.2 Å². The number of benzene rings is 3. The van der Waals surface area contributed by atoms with E-state index in [1.54, 1.807) is 0 Å². The molecule has 1 aliphatic heterocycles. The van der Waals surface area contributed by atoms with E-state index in [9.17, 15) is 8.42 Å². The van der Waals surface area contributed by atoms with Gasteiger partial charge in [-0.05, 0) is 62.0 Å². The quantitative estimate of drug-likeness (QED) is 0.652. The van der Waals surface area contributed by atoms with E-state index in [1.807, 2.05) is 74.6 Å². The van der Waals surface area contributed by atoms with E-state index >= 15 is 0 Å². The predicted molar refractivity (Wildman–Crippen MR) is 114 cm³/mol. The summed E-state index contributed by atoms with van der Waals surface area (Å²) < 4.78 is 34.4. The third-order valence-corrected chi connectivity index (χ3v) is 6.94. The first kappa shape index (κ1) is 18.8. The van der Waals surface area contributed by atoms with Gasteiger partial charge in [-0.2, -0.15) is 0 Å². The molecule has 3 aromatic rings. The second-order valence-electron chi connectivity index (χ2n) is 7.11. The molecule has 6 heteroatoms. The van der Waals surface area contributed by atoms with E-state index in [0.29, 0.717) is 30.0 Å². The largest absolute Gasteiger partial charge is 0.470 e. The molecule has 0 saturated carbocycles. The molecule has 0 bridgehead atoms. The van der Waals surface area contributed by atoms with Crippen LogP contribution in [0.4, 0.5) is 11.4 Å². The maximum atomic E-state index is 13.5. The zero-order valence-corrected chi connectivity index (χ0v) is 16.9. The monoisotopic (exact) mass is 396 g/mol. The van der Waals surface area contributed by atoms with Gasteiger partial charge in [0.15, 0.2) is 0 Å².